The summed E-state index contributed by atoms with van der Waals surface area (Å²) in [6.45, 7) is 4.11. The maximum Gasteiger partial charge on any atom is 0.435 e. The van der Waals surface area contributed by atoms with E-state index < -0.39 is 23.3 Å². The van der Waals surface area contributed by atoms with Gasteiger partial charge in [0.05, 0.1) is 11.3 Å². The normalized spacial score (nSPS) is 18.1. The minimum absolute atomic E-state index is 0.0930. The third-order valence-corrected chi connectivity index (χ3v) is 6.83. The SMILES string of the molecule is CC(C)c1nnc(C2CCC(CC(=O)CCCNC(=O)c3cn(-c4ccccc4)nc3C(F)(F)F)CC2)o1. The molecule has 38 heavy (non-hydrogen) atoms. The van der Waals surface area contributed by atoms with Gasteiger partial charge < -0.3 is 9.73 Å². The number of para-hydroxylation sites is 1. The number of nitrogens with zero attached hydrogens (tertiary/aromatic N) is 4. The molecule has 0 aliphatic heterocycles. The van der Waals surface area contributed by atoms with E-state index in [1.807, 2.05) is 13.8 Å². The molecule has 1 aliphatic rings. The molecule has 0 unspecified atom stereocenters. The molecule has 4 rings (SSSR count). The topological polar surface area (TPSA) is 103 Å². The van der Waals surface area contributed by atoms with Gasteiger partial charge in [-0.25, -0.2) is 4.68 Å². The average molecular weight is 532 g/mol. The number of hydrogen-bond acceptors (Lipinski definition) is 6. The molecule has 1 saturated carbocycles. The van der Waals surface area contributed by atoms with E-state index in [2.05, 4.69) is 20.6 Å². The van der Waals surface area contributed by atoms with E-state index in [0.29, 0.717) is 36.2 Å². The van der Waals surface area contributed by atoms with Gasteiger partial charge in [-0.2, -0.15) is 18.3 Å². The van der Waals surface area contributed by atoms with Crippen LogP contribution < -0.4 is 5.32 Å². The van der Waals surface area contributed by atoms with E-state index in [4.69, 9.17) is 4.42 Å². The highest BCUT2D eigenvalue weighted by Gasteiger charge is 2.39. The summed E-state index contributed by atoms with van der Waals surface area (Å²) < 4.78 is 47.3. The number of hydrogen-bond donors (Lipinski definition) is 1. The van der Waals surface area contributed by atoms with E-state index in [-0.39, 0.29) is 30.6 Å². The zero-order chi connectivity index (χ0) is 27.3. The predicted octanol–water partition coefficient (Wildman–Crippen LogP) is 5.84. The van der Waals surface area contributed by atoms with Crippen LogP contribution in [0.5, 0.6) is 0 Å². The van der Waals surface area contributed by atoms with Gasteiger partial charge >= 0.3 is 6.18 Å². The van der Waals surface area contributed by atoms with Gasteiger partial charge in [0.2, 0.25) is 11.8 Å². The number of carbonyl (C=O) groups excluding carboxylic acids is 2. The molecule has 2 heterocycles. The minimum atomic E-state index is -4.78. The summed E-state index contributed by atoms with van der Waals surface area (Å²) in [5.41, 5.74) is -1.38. The molecule has 1 amide bonds. The summed E-state index contributed by atoms with van der Waals surface area (Å²) >= 11 is 0. The maximum atomic E-state index is 13.5. The number of aromatic nitrogens is 4. The van der Waals surface area contributed by atoms with Crippen molar-refractivity contribution in [2.24, 2.45) is 5.92 Å². The number of Topliss-reactive ketones (excluding diaryl/α,β-unsaturated/α-hetero) is 1. The molecule has 1 aliphatic carbocycles. The standard InChI is InChI=1S/C27H32F3N5O3/c1-17(2)25-32-33-26(38-25)19-12-10-18(11-13-19)15-21(36)9-6-14-31-24(37)22-16-35(20-7-4-3-5-8-20)34-23(22)27(28,29)30/h3-5,7-8,16-19H,6,9-15H2,1-2H3,(H,31,37). The molecule has 1 fully saturated rings. The molecule has 204 valence electrons. The monoisotopic (exact) mass is 531 g/mol. The van der Waals surface area contributed by atoms with Crippen molar-refractivity contribution in [3.05, 3.63) is 59.6 Å². The fourth-order valence-electron chi connectivity index (χ4n) is 4.73. The Morgan fingerprint density at radius 2 is 1.82 bits per heavy atom. The van der Waals surface area contributed by atoms with Crippen molar-refractivity contribution >= 4 is 11.7 Å². The summed E-state index contributed by atoms with van der Waals surface area (Å²) in [6, 6.07) is 8.27. The van der Waals surface area contributed by atoms with Crippen molar-refractivity contribution in [3.8, 4) is 5.69 Å². The first-order chi connectivity index (χ1) is 18.1. The molecular formula is C27H32F3N5O3. The molecular weight excluding hydrogens is 499 g/mol. The second-order valence-electron chi connectivity index (χ2n) is 10.1. The highest BCUT2D eigenvalue weighted by molar-refractivity contribution is 5.95. The molecule has 2 aromatic heterocycles. The minimum Gasteiger partial charge on any atom is -0.425 e. The summed E-state index contributed by atoms with van der Waals surface area (Å²) in [5, 5.41) is 14.4. The summed E-state index contributed by atoms with van der Waals surface area (Å²) in [5.74, 6) is 1.25. The first kappa shape index (κ1) is 27.5. The third-order valence-electron chi connectivity index (χ3n) is 6.83. The van der Waals surface area contributed by atoms with Gasteiger partial charge in [-0.1, -0.05) is 32.0 Å². The molecule has 1 aromatic carbocycles. The fraction of sp³-hybridized carbons (Fsp3) is 0.519. The lowest BCUT2D eigenvalue weighted by Gasteiger charge is -2.26. The van der Waals surface area contributed by atoms with Gasteiger partial charge in [0.1, 0.15) is 5.78 Å². The number of benzene rings is 1. The zero-order valence-electron chi connectivity index (χ0n) is 21.5. The van der Waals surface area contributed by atoms with Crippen LogP contribution in [0.2, 0.25) is 0 Å². The van der Waals surface area contributed by atoms with Crippen LogP contribution in [0.25, 0.3) is 5.69 Å². The van der Waals surface area contributed by atoms with Crippen LogP contribution >= 0.6 is 0 Å². The van der Waals surface area contributed by atoms with Gasteiger partial charge in [-0.05, 0) is 50.2 Å². The van der Waals surface area contributed by atoms with Crippen molar-refractivity contribution in [1.29, 1.82) is 0 Å². The highest BCUT2D eigenvalue weighted by Crippen LogP contribution is 2.37. The van der Waals surface area contributed by atoms with Gasteiger partial charge in [-0.15, -0.1) is 10.2 Å². The van der Waals surface area contributed by atoms with Crippen LogP contribution in [0.15, 0.2) is 40.9 Å². The van der Waals surface area contributed by atoms with E-state index in [9.17, 15) is 22.8 Å². The Balaban J connectivity index is 1.21. The quantitative estimate of drug-likeness (QED) is 0.330. The Hall–Kier alpha value is -3.50. The second-order valence-corrected chi connectivity index (χ2v) is 10.1. The molecule has 3 aromatic rings. The molecule has 8 nitrogen and oxygen atoms in total. The summed E-state index contributed by atoms with van der Waals surface area (Å²) in [4.78, 5) is 25.0. The van der Waals surface area contributed by atoms with Gasteiger partial charge in [-0.3, -0.25) is 9.59 Å². The zero-order valence-corrected chi connectivity index (χ0v) is 21.5. The number of ketones is 1. The Morgan fingerprint density at radius 3 is 2.45 bits per heavy atom. The number of amides is 1. The first-order valence-electron chi connectivity index (χ1n) is 13.0. The highest BCUT2D eigenvalue weighted by atomic mass is 19.4. The van der Waals surface area contributed by atoms with Crippen molar-refractivity contribution in [1.82, 2.24) is 25.3 Å². The fourth-order valence-corrected chi connectivity index (χ4v) is 4.73. The molecule has 0 radical (unpaired) electrons. The predicted molar refractivity (Wildman–Crippen MR) is 133 cm³/mol. The van der Waals surface area contributed by atoms with Gasteiger partial charge in [0, 0.05) is 37.4 Å². The van der Waals surface area contributed by atoms with E-state index >= 15 is 0 Å². The van der Waals surface area contributed by atoms with E-state index in [1.165, 1.54) is 0 Å². The Bertz CT molecular complexity index is 1230. The first-order valence-corrected chi connectivity index (χ1v) is 13.0. The van der Waals surface area contributed by atoms with E-state index in [1.54, 1.807) is 30.3 Å². The summed E-state index contributed by atoms with van der Waals surface area (Å²) in [7, 11) is 0. The second kappa shape index (κ2) is 11.9. The van der Waals surface area contributed by atoms with Crippen LogP contribution in [0.1, 0.15) is 98.5 Å². The van der Waals surface area contributed by atoms with Gasteiger partial charge in [0.25, 0.3) is 5.91 Å². The van der Waals surface area contributed by atoms with Crippen LogP contribution in [-0.4, -0.2) is 38.2 Å². The Morgan fingerprint density at radius 1 is 1.11 bits per heavy atom. The smallest absolute Gasteiger partial charge is 0.425 e. The number of rotatable bonds is 10. The molecule has 1 N–H and O–H groups in total. The Labute approximate surface area is 219 Å². The number of halogens is 3. The number of alkyl halides is 3. The average Bonchev–Trinajstić information content (AvgIpc) is 3.56. The van der Waals surface area contributed by atoms with Crippen LogP contribution in [-0.2, 0) is 11.0 Å². The molecule has 0 bridgehead atoms. The van der Waals surface area contributed by atoms with Crippen molar-refractivity contribution in [2.75, 3.05) is 6.54 Å². The number of nitrogens with one attached hydrogen (secondary N) is 1. The van der Waals surface area contributed by atoms with E-state index in [0.717, 1.165) is 36.6 Å². The lowest BCUT2D eigenvalue weighted by atomic mass is 9.79. The number of carbonyl (C=O) groups is 2. The van der Waals surface area contributed by atoms with Crippen LogP contribution in [0.4, 0.5) is 13.2 Å². The lowest BCUT2D eigenvalue weighted by molar-refractivity contribution is -0.141. The van der Waals surface area contributed by atoms with Crippen molar-refractivity contribution < 1.29 is 27.2 Å². The van der Waals surface area contributed by atoms with Crippen molar-refractivity contribution in [3.63, 3.8) is 0 Å². The lowest BCUT2D eigenvalue weighted by Crippen LogP contribution is -2.27. The molecule has 11 heteroatoms. The summed E-state index contributed by atoms with van der Waals surface area (Å²) in [6.07, 6.45) is 0.970. The van der Waals surface area contributed by atoms with Crippen molar-refractivity contribution in [2.45, 2.75) is 76.8 Å². The molecule has 0 spiro atoms. The third kappa shape index (κ3) is 6.87. The Kier molecular flexibility index (Phi) is 8.63. The molecule has 0 atom stereocenters. The van der Waals surface area contributed by atoms with Crippen LogP contribution in [0, 0.1) is 5.92 Å². The largest absolute Gasteiger partial charge is 0.435 e. The molecule has 0 saturated heterocycles. The van der Waals surface area contributed by atoms with Gasteiger partial charge in [0.15, 0.2) is 5.69 Å². The van der Waals surface area contributed by atoms with Crippen LogP contribution in [0.3, 0.4) is 0 Å². The maximum absolute atomic E-state index is 13.5.